The number of hydrogen-bond donors (Lipinski definition) is 1. The van der Waals surface area contributed by atoms with Gasteiger partial charge in [0.25, 0.3) is 11.8 Å². The van der Waals surface area contributed by atoms with Crippen molar-refractivity contribution < 1.29 is 19.1 Å². The van der Waals surface area contributed by atoms with Gasteiger partial charge in [-0.05, 0) is 60.3 Å². The van der Waals surface area contributed by atoms with Crippen LogP contribution in [0.3, 0.4) is 0 Å². The summed E-state index contributed by atoms with van der Waals surface area (Å²) in [5, 5.41) is 5.37. The zero-order chi connectivity index (χ0) is 20.9. The second-order valence-electron chi connectivity index (χ2n) is 6.60. The predicted molar refractivity (Wildman–Crippen MR) is 118 cm³/mol. The molecule has 8 heteroatoms. The topological polar surface area (TPSA) is 67.9 Å². The quantitative estimate of drug-likeness (QED) is 0.531. The highest BCUT2D eigenvalue weighted by Gasteiger charge is 2.25. The molecule has 1 aliphatic rings. The van der Waals surface area contributed by atoms with Gasteiger partial charge in [0.1, 0.15) is 11.5 Å². The molecule has 30 heavy (non-hydrogen) atoms. The van der Waals surface area contributed by atoms with Crippen LogP contribution in [0.2, 0.25) is 5.02 Å². The smallest absolute Gasteiger partial charge is 0.265 e. The van der Waals surface area contributed by atoms with Gasteiger partial charge in [-0.1, -0.05) is 17.7 Å². The molecule has 0 bridgehead atoms. The van der Waals surface area contributed by atoms with Crippen LogP contribution in [-0.2, 0) is 4.79 Å². The summed E-state index contributed by atoms with van der Waals surface area (Å²) in [5.74, 6) is 1.03. The molecule has 4 rings (SSSR count). The lowest BCUT2D eigenvalue weighted by atomic mass is 10.2. The molecule has 3 aromatic rings. The standard InChI is InChI=1S/C22H19ClN2O4S/c23-15-4-7-17(8-5-15)28-11-2-10-25-18-13-16(6-9-19(18)29-14-21(25)26)24-22(27)20-3-1-12-30-20/h1,3-9,12-13H,2,10-11,14H2,(H,24,27). The first-order chi connectivity index (χ1) is 14.6. The van der Waals surface area contributed by atoms with Gasteiger partial charge >= 0.3 is 0 Å². The average Bonchev–Trinajstić information content (AvgIpc) is 3.29. The lowest BCUT2D eigenvalue weighted by Gasteiger charge is -2.29. The predicted octanol–water partition coefficient (Wildman–Crippen LogP) is 4.85. The fourth-order valence-electron chi connectivity index (χ4n) is 3.07. The molecular weight excluding hydrogens is 424 g/mol. The summed E-state index contributed by atoms with van der Waals surface area (Å²) < 4.78 is 11.2. The van der Waals surface area contributed by atoms with Gasteiger partial charge < -0.3 is 19.7 Å². The number of benzene rings is 2. The first-order valence-electron chi connectivity index (χ1n) is 9.40. The van der Waals surface area contributed by atoms with Gasteiger partial charge in [-0.3, -0.25) is 9.59 Å². The van der Waals surface area contributed by atoms with E-state index in [2.05, 4.69) is 5.32 Å². The summed E-state index contributed by atoms with van der Waals surface area (Å²) in [7, 11) is 0. The zero-order valence-corrected chi connectivity index (χ0v) is 17.5. The minimum Gasteiger partial charge on any atom is -0.494 e. The minimum absolute atomic E-state index is 0.00799. The molecule has 2 heterocycles. The van der Waals surface area contributed by atoms with Crippen LogP contribution in [0.1, 0.15) is 16.1 Å². The van der Waals surface area contributed by atoms with E-state index in [9.17, 15) is 9.59 Å². The second kappa shape index (κ2) is 9.19. The van der Waals surface area contributed by atoms with Crippen molar-refractivity contribution in [2.24, 2.45) is 0 Å². The van der Waals surface area contributed by atoms with Crippen LogP contribution in [-0.4, -0.2) is 31.6 Å². The molecule has 0 fully saturated rings. The number of hydrogen-bond acceptors (Lipinski definition) is 5. The van der Waals surface area contributed by atoms with E-state index in [4.69, 9.17) is 21.1 Å². The Kier molecular flexibility index (Phi) is 6.21. The maximum atomic E-state index is 12.4. The van der Waals surface area contributed by atoms with Gasteiger partial charge in [0, 0.05) is 17.3 Å². The zero-order valence-electron chi connectivity index (χ0n) is 16.0. The van der Waals surface area contributed by atoms with Crippen LogP contribution in [0, 0.1) is 0 Å². The summed E-state index contributed by atoms with van der Waals surface area (Å²) in [4.78, 5) is 27.1. The molecule has 0 radical (unpaired) electrons. The molecule has 2 amide bonds. The first-order valence-corrected chi connectivity index (χ1v) is 10.7. The second-order valence-corrected chi connectivity index (χ2v) is 7.99. The van der Waals surface area contributed by atoms with Crippen molar-refractivity contribution in [3.63, 3.8) is 0 Å². The number of carbonyl (C=O) groups excluding carboxylic acids is 2. The number of halogens is 1. The molecule has 1 N–H and O–H groups in total. The van der Waals surface area contributed by atoms with Crippen LogP contribution in [0.5, 0.6) is 11.5 Å². The van der Waals surface area contributed by atoms with Crippen molar-refractivity contribution in [2.45, 2.75) is 6.42 Å². The molecule has 1 aromatic heterocycles. The van der Waals surface area contributed by atoms with E-state index in [0.717, 1.165) is 5.75 Å². The van der Waals surface area contributed by atoms with Crippen LogP contribution < -0.4 is 19.7 Å². The third-order valence-corrected chi connectivity index (χ3v) is 5.63. The van der Waals surface area contributed by atoms with Crippen LogP contribution in [0.25, 0.3) is 0 Å². The number of amides is 2. The van der Waals surface area contributed by atoms with Gasteiger partial charge in [0.2, 0.25) is 0 Å². The number of ether oxygens (including phenoxy) is 2. The summed E-state index contributed by atoms with van der Waals surface area (Å²) >= 11 is 7.24. The Hall–Kier alpha value is -3.03. The van der Waals surface area contributed by atoms with E-state index in [1.807, 2.05) is 11.4 Å². The maximum absolute atomic E-state index is 12.4. The Morgan fingerprint density at radius 1 is 1.20 bits per heavy atom. The van der Waals surface area contributed by atoms with Gasteiger partial charge in [-0.25, -0.2) is 0 Å². The largest absolute Gasteiger partial charge is 0.494 e. The fourth-order valence-corrected chi connectivity index (χ4v) is 3.81. The highest BCUT2D eigenvalue weighted by Crippen LogP contribution is 2.35. The summed E-state index contributed by atoms with van der Waals surface area (Å²) in [6.45, 7) is 0.924. The number of nitrogens with zero attached hydrogens (tertiary/aromatic N) is 1. The Balaban J connectivity index is 1.41. The monoisotopic (exact) mass is 442 g/mol. The van der Waals surface area contributed by atoms with Gasteiger partial charge in [0.05, 0.1) is 17.2 Å². The van der Waals surface area contributed by atoms with Gasteiger partial charge in [-0.15, -0.1) is 11.3 Å². The molecule has 0 unspecified atom stereocenters. The summed E-state index contributed by atoms with van der Waals surface area (Å²) in [6, 6.07) is 16.0. The average molecular weight is 443 g/mol. The number of anilines is 2. The highest BCUT2D eigenvalue weighted by molar-refractivity contribution is 7.12. The third-order valence-electron chi connectivity index (χ3n) is 4.51. The van der Waals surface area contributed by atoms with E-state index < -0.39 is 0 Å². The van der Waals surface area contributed by atoms with Crippen molar-refractivity contribution in [1.29, 1.82) is 0 Å². The molecule has 0 spiro atoms. The van der Waals surface area contributed by atoms with Crippen molar-refractivity contribution in [2.75, 3.05) is 30.0 Å². The lowest BCUT2D eigenvalue weighted by molar-refractivity contribution is -0.121. The van der Waals surface area contributed by atoms with Crippen molar-refractivity contribution in [1.82, 2.24) is 0 Å². The molecule has 2 aromatic carbocycles. The Morgan fingerprint density at radius 2 is 2.03 bits per heavy atom. The summed E-state index contributed by atoms with van der Waals surface area (Å²) in [5.41, 5.74) is 1.24. The van der Waals surface area contributed by atoms with Crippen molar-refractivity contribution in [3.8, 4) is 11.5 Å². The van der Waals surface area contributed by atoms with Crippen molar-refractivity contribution >= 4 is 46.1 Å². The molecule has 1 aliphatic heterocycles. The third kappa shape index (κ3) is 4.75. The lowest BCUT2D eigenvalue weighted by Crippen LogP contribution is -2.39. The maximum Gasteiger partial charge on any atom is 0.265 e. The number of rotatable bonds is 7. The van der Waals surface area contributed by atoms with Gasteiger partial charge in [0.15, 0.2) is 6.61 Å². The Labute approximate surface area is 183 Å². The molecule has 154 valence electrons. The summed E-state index contributed by atoms with van der Waals surface area (Å²) in [6.07, 6.45) is 0.638. The molecule has 6 nitrogen and oxygen atoms in total. The Bertz CT molecular complexity index is 1040. The molecular formula is C22H19ClN2O4S. The van der Waals surface area contributed by atoms with Crippen LogP contribution in [0.15, 0.2) is 60.0 Å². The van der Waals surface area contributed by atoms with E-state index in [0.29, 0.717) is 46.6 Å². The molecule has 0 aliphatic carbocycles. The molecule has 0 saturated heterocycles. The number of carbonyl (C=O) groups is 2. The van der Waals surface area contributed by atoms with E-state index in [1.54, 1.807) is 53.4 Å². The number of thiophene rings is 1. The number of fused-ring (bicyclic) bond motifs is 1. The van der Waals surface area contributed by atoms with Crippen LogP contribution in [0.4, 0.5) is 11.4 Å². The first kappa shape index (κ1) is 20.3. The van der Waals surface area contributed by atoms with E-state index in [1.165, 1.54) is 11.3 Å². The highest BCUT2D eigenvalue weighted by atomic mass is 35.5. The van der Waals surface area contributed by atoms with Gasteiger partial charge in [-0.2, -0.15) is 0 Å². The molecule has 0 atom stereocenters. The molecule has 0 saturated carbocycles. The fraction of sp³-hybridized carbons (Fsp3) is 0.182. The van der Waals surface area contributed by atoms with Crippen LogP contribution >= 0.6 is 22.9 Å². The van der Waals surface area contributed by atoms with E-state index in [-0.39, 0.29) is 18.4 Å². The normalized spacial score (nSPS) is 12.8. The SMILES string of the molecule is O=C(Nc1ccc2c(c1)N(CCCOc1ccc(Cl)cc1)C(=O)CO2)c1cccs1. The number of nitrogens with one attached hydrogen (secondary N) is 1. The Morgan fingerprint density at radius 3 is 2.80 bits per heavy atom. The minimum atomic E-state index is -0.184. The van der Waals surface area contributed by atoms with Crippen molar-refractivity contribution in [3.05, 3.63) is 69.9 Å². The van der Waals surface area contributed by atoms with E-state index >= 15 is 0 Å².